The van der Waals surface area contributed by atoms with Crippen LogP contribution in [0.3, 0.4) is 0 Å². The summed E-state index contributed by atoms with van der Waals surface area (Å²) in [6.07, 6.45) is 0. The Morgan fingerprint density at radius 1 is 0.265 bits per heavy atom. The number of hydrogen-bond donors (Lipinski definition) is 0. The summed E-state index contributed by atoms with van der Waals surface area (Å²) in [6, 6.07) is -42.6. The van der Waals surface area contributed by atoms with Gasteiger partial charge in [-0.1, -0.05) is 181 Å². The van der Waals surface area contributed by atoms with E-state index in [1.165, 1.54) is 0 Å². The fourth-order valence-electron chi connectivity index (χ4n) is 4.60. The van der Waals surface area contributed by atoms with E-state index in [1.54, 1.807) is 0 Å². The van der Waals surface area contributed by atoms with Gasteiger partial charge in [0, 0.05) is 16.9 Å². The molecule has 0 fully saturated rings. The molecule has 232 valence electrons. The molecule has 0 aliphatic heterocycles. The van der Waals surface area contributed by atoms with E-state index in [1.807, 2.05) is 0 Å². The van der Waals surface area contributed by atoms with Crippen LogP contribution in [0.15, 0.2) is 211 Å². The topological polar surface area (TPSA) is 3.24 Å². The second-order valence-electron chi connectivity index (χ2n) is 9.51. The molecule has 0 atom stereocenters. The first-order chi connectivity index (χ1) is 38.9. The van der Waals surface area contributed by atoms with Gasteiger partial charge in [-0.05, 0) is 80.3 Å². The summed E-state index contributed by atoms with van der Waals surface area (Å²) < 4.78 is 315. The lowest BCUT2D eigenvalue weighted by atomic mass is 9.87. The molecular formula is C48H35N. The van der Waals surface area contributed by atoms with Crippen molar-refractivity contribution in [2.45, 2.75) is 0 Å². The summed E-state index contributed by atoms with van der Waals surface area (Å²) in [6.45, 7) is 0. The van der Waals surface area contributed by atoms with Crippen LogP contribution in [0.25, 0.3) is 55.6 Å². The highest BCUT2D eigenvalue weighted by atomic mass is 15.1. The van der Waals surface area contributed by atoms with E-state index in [0.29, 0.717) is 0 Å². The van der Waals surface area contributed by atoms with E-state index in [0.717, 1.165) is 0 Å². The summed E-state index contributed by atoms with van der Waals surface area (Å²) in [5.74, 6) is 0. The van der Waals surface area contributed by atoms with E-state index < -0.39 is 284 Å². The van der Waals surface area contributed by atoms with Crippen molar-refractivity contribution >= 4 is 17.1 Å². The predicted molar refractivity (Wildman–Crippen MR) is 208 cm³/mol. The van der Waals surface area contributed by atoms with Crippen LogP contribution in [0.5, 0.6) is 0 Å². The molecule has 1 nitrogen and oxygen atoms in total. The molecule has 0 heterocycles. The average molecular weight is 661 g/mol. The normalized spacial score (nSPS) is 20.9. The molecule has 0 aliphatic carbocycles. The number of rotatable bonds is 8. The third kappa shape index (κ3) is 6.18. The molecule has 0 radical (unpaired) electrons. The summed E-state index contributed by atoms with van der Waals surface area (Å²) in [5.41, 5.74) is -15.3. The van der Waals surface area contributed by atoms with Gasteiger partial charge in [-0.15, -0.1) is 0 Å². The summed E-state index contributed by atoms with van der Waals surface area (Å²) in [4.78, 5) is 0.153. The first kappa shape index (κ1) is 10.3. The summed E-state index contributed by atoms with van der Waals surface area (Å²) in [5, 5.41) is 0. The lowest BCUT2D eigenvalue weighted by Crippen LogP contribution is -2.12. The zero-order chi connectivity index (χ0) is 63.3. The fraction of sp³-hybridized carbons (Fsp3) is 0. The van der Waals surface area contributed by atoms with Gasteiger partial charge in [0.25, 0.3) is 0 Å². The largest absolute Gasteiger partial charge is 0.310 e. The maximum Gasteiger partial charge on any atom is 0.0645 e. The Kier molecular flexibility index (Phi) is 2.88. The molecule has 0 bridgehead atoms. The Morgan fingerprint density at radius 2 is 0.612 bits per heavy atom. The molecule has 49 heavy (non-hydrogen) atoms. The van der Waals surface area contributed by atoms with Crippen LogP contribution < -0.4 is 4.90 Å². The van der Waals surface area contributed by atoms with Gasteiger partial charge in [0.05, 0.1) is 53.7 Å². The van der Waals surface area contributed by atoms with Crippen LogP contribution in [-0.2, 0) is 0 Å². The zero-order valence-corrected chi connectivity index (χ0v) is 24.4. The second-order valence-corrected chi connectivity index (χ2v) is 9.51. The molecule has 8 rings (SSSR count). The standard InChI is InChI=1S/C48H35N/c1-5-16-36(17-6-1)38-28-32-42(33-29-38)49(43-34-30-39(31-35-43)37-18-7-2-8-19-37)47-27-15-26-45(41-22-11-4-12-23-41)48(47)46-25-14-13-24-44(46)40-20-9-3-10-21-40/h1-35H/i1D,2D,3D,4D,5D,6D,7D,8D,9D,10D,11D,12D,13D,14D,15D,16D,17D,18D,19D,20D,21D,22D,23D,24D,25D,26D,27D,28D,29D,30D,31D,32D,33D,34D,35D. The molecule has 0 amide bonds. The number of hydrogen-bond acceptors (Lipinski definition) is 1. The highest BCUT2D eigenvalue weighted by Gasteiger charge is 2.22. The van der Waals surface area contributed by atoms with Crippen molar-refractivity contribution < 1.29 is 48.0 Å². The quantitative estimate of drug-likeness (QED) is 0.157. The van der Waals surface area contributed by atoms with Crippen LogP contribution in [0.2, 0.25) is 0 Å². The van der Waals surface area contributed by atoms with Gasteiger partial charge in [0.1, 0.15) is 0 Å². The third-order valence-electron chi connectivity index (χ3n) is 6.69. The van der Waals surface area contributed by atoms with E-state index in [2.05, 4.69) is 0 Å². The Bertz CT molecular complexity index is 4010. The van der Waals surface area contributed by atoms with Crippen LogP contribution in [0.1, 0.15) is 48.0 Å². The van der Waals surface area contributed by atoms with Crippen LogP contribution in [-0.4, -0.2) is 0 Å². The molecule has 8 aromatic rings. The highest BCUT2D eigenvalue weighted by Crippen LogP contribution is 2.48. The molecule has 0 N–H and O–H groups in total. The number of benzene rings is 8. The Balaban J connectivity index is 1.79. The van der Waals surface area contributed by atoms with Crippen molar-refractivity contribution in [3.8, 4) is 55.6 Å². The molecular weight excluding hydrogens is 591 g/mol. The minimum absolute atomic E-state index is 0.153. The van der Waals surface area contributed by atoms with Crippen molar-refractivity contribution in [3.63, 3.8) is 0 Å². The third-order valence-corrected chi connectivity index (χ3v) is 6.69. The monoisotopic (exact) mass is 660 g/mol. The molecule has 0 unspecified atom stereocenters. The van der Waals surface area contributed by atoms with Crippen molar-refractivity contribution in [1.29, 1.82) is 0 Å². The van der Waals surface area contributed by atoms with Gasteiger partial charge >= 0.3 is 0 Å². The van der Waals surface area contributed by atoms with E-state index in [4.69, 9.17) is 27.4 Å². The SMILES string of the molecule is [2H]c1c([2H])c([2H])c(-c2c([2H])c([2H])c(N(c3c([2H])c([2H])c(-c4c([2H])c([2H])c([2H])c([2H])c4[2H])c([2H])c3[2H])c3c([2H])c([2H])c([2H])c(-c4c([2H])c([2H])c([2H])c([2H])c4[2H])c3-c3c([2H])c([2H])c([2H])c([2H])c3-c3c([2H])c([2H])c([2H])c([2H])c3[2H])c([2H])c2[2H])c([2H])c1[2H]. The molecule has 1 heteroatoms. The van der Waals surface area contributed by atoms with Crippen LogP contribution in [0.4, 0.5) is 17.1 Å². The Morgan fingerprint density at radius 3 is 1.08 bits per heavy atom. The van der Waals surface area contributed by atoms with E-state index >= 15 is 0 Å². The Labute approximate surface area is 338 Å². The lowest BCUT2D eigenvalue weighted by Gasteiger charge is -2.30. The van der Waals surface area contributed by atoms with Crippen LogP contribution >= 0.6 is 0 Å². The average Bonchev–Trinajstić information content (AvgIpc) is 0.914. The second kappa shape index (κ2) is 13.7. The number of nitrogens with zero attached hydrogens (tertiary/aromatic N) is 1. The Hall–Kier alpha value is -6.44. The van der Waals surface area contributed by atoms with E-state index in [9.17, 15) is 20.6 Å². The zero-order valence-electron chi connectivity index (χ0n) is 59.4. The maximum atomic E-state index is 9.87. The summed E-state index contributed by atoms with van der Waals surface area (Å²) in [7, 11) is 0. The van der Waals surface area contributed by atoms with Crippen LogP contribution in [0, 0.1) is 0 Å². The fourth-order valence-corrected chi connectivity index (χ4v) is 4.60. The summed E-state index contributed by atoms with van der Waals surface area (Å²) >= 11 is 0. The highest BCUT2D eigenvalue weighted by molar-refractivity contribution is 6.01. The van der Waals surface area contributed by atoms with Gasteiger partial charge in [-0.3, -0.25) is 0 Å². The van der Waals surface area contributed by atoms with E-state index in [-0.39, 0.29) is 4.90 Å². The van der Waals surface area contributed by atoms with Crippen molar-refractivity contribution in [2.24, 2.45) is 0 Å². The van der Waals surface area contributed by atoms with Crippen molar-refractivity contribution in [1.82, 2.24) is 0 Å². The molecule has 0 saturated carbocycles. The maximum absolute atomic E-state index is 9.87. The first-order valence-corrected chi connectivity index (χ1v) is 13.9. The molecule has 0 aromatic heterocycles. The number of anilines is 3. The minimum atomic E-state index is -1.50. The van der Waals surface area contributed by atoms with Gasteiger partial charge in [-0.25, -0.2) is 0 Å². The van der Waals surface area contributed by atoms with Crippen molar-refractivity contribution in [3.05, 3.63) is 211 Å². The van der Waals surface area contributed by atoms with Gasteiger partial charge in [0.2, 0.25) is 0 Å². The molecule has 0 aliphatic rings. The molecule has 0 spiro atoms. The first-order valence-electron chi connectivity index (χ1n) is 31.4. The lowest BCUT2D eigenvalue weighted by molar-refractivity contribution is 1.28. The van der Waals surface area contributed by atoms with Gasteiger partial charge < -0.3 is 4.90 Å². The molecule has 0 saturated heterocycles. The van der Waals surface area contributed by atoms with Crippen molar-refractivity contribution in [2.75, 3.05) is 4.90 Å². The molecule has 8 aromatic carbocycles. The van der Waals surface area contributed by atoms with Gasteiger partial charge in [-0.2, -0.15) is 0 Å². The minimum Gasteiger partial charge on any atom is -0.310 e. The van der Waals surface area contributed by atoms with Gasteiger partial charge in [0.15, 0.2) is 0 Å². The smallest absolute Gasteiger partial charge is 0.0645 e. The predicted octanol–water partition coefficient (Wildman–Crippen LogP) is 13.5.